The van der Waals surface area contributed by atoms with Gasteiger partial charge in [-0.1, -0.05) is 18.2 Å². The second-order valence-corrected chi connectivity index (χ2v) is 3.83. The largest absolute Gasteiger partial charge is 0.507 e. The highest BCUT2D eigenvalue weighted by molar-refractivity contribution is 7.98. The number of phenolic OH excluding ortho intramolecular Hbond substituents is 1. The predicted molar refractivity (Wildman–Crippen MR) is 62.7 cm³/mol. The molecule has 0 aliphatic rings. The summed E-state index contributed by atoms with van der Waals surface area (Å²) in [5.41, 5.74) is 7.13. The third kappa shape index (κ3) is 2.30. The molecule has 3 heteroatoms. The van der Waals surface area contributed by atoms with E-state index in [9.17, 15) is 5.11 Å². The fraction of sp³-hybridized carbons (Fsp3) is 0.273. The molecule has 1 rings (SSSR count). The first kappa shape index (κ1) is 11.1. The molecule has 0 saturated carbocycles. The maximum Gasteiger partial charge on any atom is 0.126 e. The van der Waals surface area contributed by atoms with Crippen molar-refractivity contribution in [2.75, 3.05) is 12.8 Å². The summed E-state index contributed by atoms with van der Waals surface area (Å²) >= 11 is 1.62. The van der Waals surface area contributed by atoms with Gasteiger partial charge < -0.3 is 10.8 Å². The van der Waals surface area contributed by atoms with Crippen LogP contribution in [0.3, 0.4) is 0 Å². The van der Waals surface area contributed by atoms with E-state index >= 15 is 0 Å². The summed E-state index contributed by atoms with van der Waals surface area (Å²) in [5.74, 6) is 0.349. The molecule has 0 radical (unpaired) electrons. The summed E-state index contributed by atoms with van der Waals surface area (Å²) in [6, 6.07) is 3.93. The molecule has 2 nitrogen and oxygen atoms in total. The highest BCUT2D eigenvalue weighted by Gasteiger charge is 2.06. The lowest BCUT2D eigenvalue weighted by atomic mass is 10.1. The van der Waals surface area contributed by atoms with Gasteiger partial charge in [0.15, 0.2) is 0 Å². The van der Waals surface area contributed by atoms with Crippen LogP contribution in [0.15, 0.2) is 23.1 Å². The lowest BCUT2D eigenvalue weighted by Gasteiger charge is -2.07. The third-order valence-corrected chi connectivity index (χ3v) is 2.82. The van der Waals surface area contributed by atoms with Crippen molar-refractivity contribution in [3.63, 3.8) is 0 Å². The molecule has 76 valence electrons. The zero-order valence-corrected chi connectivity index (χ0v) is 9.27. The second kappa shape index (κ2) is 5.08. The first-order valence-electron chi connectivity index (χ1n) is 4.44. The molecule has 0 spiro atoms. The summed E-state index contributed by atoms with van der Waals surface area (Å²) < 4.78 is 0. The second-order valence-electron chi connectivity index (χ2n) is 2.99. The maximum atomic E-state index is 9.83. The summed E-state index contributed by atoms with van der Waals surface area (Å²) in [7, 11) is 0. The molecule has 0 aromatic heterocycles. The lowest BCUT2D eigenvalue weighted by molar-refractivity contribution is 0.468. The van der Waals surface area contributed by atoms with Crippen molar-refractivity contribution in [3.05, 3.63) is 29.3 Å². The number of hydrogen-bond acceptors (Lipinski definition) is 3. The molecule has 0 atom stereocenters. The smallest absolute Gasteiger partial charge is 0.126 e. The highest BCUT2D eigenvalue weighted by Crippen LogP contribution is 2.31. The number of phenols is 1. The summed E-state index contributed by atoms with van der Waals surface area (Å²) in [5, 5.41) is 9.83. The van der Waals surface area contributed by atoms with Gasteiger partial charge in [-0.2, -0.15) is 0 Å². The number of rotatable bonds is 3. The average molecular weight is 209 g/mol. The number of aryl methyl sites for hydroxylation is 1. The molecule has 0 fully saturated rings. The molecular formula is C11H15NOS. The van der Waals surface area contributed by atoms with E-state index in [2.05, 4.69) is 0 Å². The molecule has 0 saturated heterocycles. The van der Waals surface area contributed by atoms with Gasteiger partial charge in [-0.15, -0.1) is 11.8 Å². The van der Waals surface area contributed by atoms with Gasteiger partial charge in [-0.05, 0) is 24.8 Å². The van der Waals surface area contributed by atoms with Crippen molar-refractivity contribution in [1.82, 2.24) is 0 Å². The molecular weight excluding hydrogens is 194 g/mol. The van der Waals surface area contributed by atoms with Crippen molar-refractivity contribution >= 4 is 17.8 Å². The number of benzene rings is 1. The van der Waals surface area contributed by atoms with E-state index in [1.807, 2.05) is 37.5 Å². The van der Waals surface area contributed by atoms with Gasteiger partial charge in [0, 0.05) is 17.0 Å². The number of nitrogens with two attached hydrogens (primary N) is 1. The maximum absolute atomic E-state index is 9.83. The van der Waals surface area contributed by atoms with Crippen LogP contribution in [0.1, 0.15) is 11.1 Å². The molecule has 0 aliphatic heterocycles. The predicted octanol–water partition coefficient (Wildman–Crippen LogP) is 2.39. The van der Waals surface area contributed by atoms with Gasteiger partial charge in [0.25, 0.3) is 0 Å². The van der Waals surface area contributed by atoms with Crippen molar-refractivity contribution in [1.29, 1.82) is 0 Å². The normalized spacial score (nSPS) is 11.1. The molecule has 0 amide bonds. The van der Waals surface area contributed by atoms with Crippen molar-refractivity contribution in [3.8, 4) is 5.75 Å². The van der Waals surface area contributed by atoms with E-state index in [-0.39, 0.29) is 0 Å². The zero-order chi connectivity index (χ0) is 10.6. The van der Waals surface area contributed by atoms with Crippen molar-refractivity contribution in [2.45, 2.75) is 11.8 Å². The summed E-state index contributed by atoms with van der Waals surface area (Å²) in [6.07, 6.45) is 5.70. The SMILES string of the molecule is CSc1ccc(C)c(O)c1/C=C/CN. The van der Waals surface area contributed by atoms with Gasteiger partial charge in [0.2, 0.25) is 0 Å². The fourth-order valence-corrected chi connectivity index (χ4v) is 1.81. The topological polar surface area (TPSA) is 46.2 Å². The molecule has 0 aliphatic carbocycles. The quantitative estimate of drug-likeness (QED) is 0.751. The van der Waals surface area contributed by atoms with Crippen molar-refractivity contribution < 1.29 is 5.11 Å². The van der Waals surface area contributed by atoms with Crippen LogP contribution in [-0.4, -0.2) is 17.9 Å². The van der Waals surface area contributed by atoms with Crippen LogP contribution in [0, 0.1) is 6.92 Å². The Morgan fingerprint density at radius 3 is 2.79 bits per heavy atom. The van der Waals surface area contributed by atoms with Gasteiger partial charge >= 0.3 is 0 Å². The Bertz CT molecular complexity index is 347. The summed E-state index contributed by atoms with van der Waals surface area (Å²) in [6.45, 7) is 2.38. The minimum Gasteiger partial charge on any atom is -0.507 e. The van der Waals surface area contributed by atoms with Crippen LogP contribution in [0.4, 0.5) is 0 Å². The first-order chi connectivity index (χ1) is 6.70. The minimum atomic E-state index is 0.349. The van der Waals surface area contributed by atoms with Crippen LogP contribution in [-0.2, 0) is 0 Å². The number of aromatic hydroxyl groups is 1. The Morgan fingerprint density at radius 1 is 1.50 bits per heavy atom. The number of thioether (sulfide) groups is 1. The van der Waals surface area contributed by atoms with Gasteiger partial charge in [-0.25, -0.2) is 0 Å². The minimum absolute atomic E-state index is 0.349. The molecule has 0 unspecified atom stereocenters. The van der Waals surface area contributed by atoms with E-state index in [0.717, 1.165) is 16.0 Å². The van der Waals surface area contributed by atoms with Gasteiger partial charge in [0.1, 0.15) is 5.75 Å². The third-order valence-electron chi connectivity index (χ3n) is 2.02. The fourth-order valence-electron chi connectivity index (χ4n) is 1.22. The monoisotopic (exact) mass is 209 g/mol. The Kier molecular flexibility index (Phi) is 4.04. The van der Waals surface area contributed by atoms with Crippen LogP contribution in [0.25, 0.3) is 6.08 Å². The number of hydrogen-bond donors (Lipinski definition) is 2. The van der Waals surface area contributed by atoms with E-state index in [4.69, 9.17) is 5.73 Å². The standard InChI is InChI=1S/C11H15NOS/c1-8-5-6-10(14-2)9(11(8)13)4-3-7-12/h3-6,13H,7,12H2,1-2H3/b4-3+. The average Bonchev–Trinajstić information content (AvgIpc) is 2.20. The van der Waals surface area contributed by atoms with E-state index in [0.29, 0.717) is 12.3 Å². The Balaban J connectivity index is 3.21. The van der Waals surface area contributed by atoms with E-state index in [1.165, 1.54) is 0 Å². The van der Waals surface area contributed by atoms with Crippen LogP contribution < -0.4 is 5.73 Å². The lowest BCUT2D eigenvalue weighted by Crippen LogP contribution is -1.92. The summed E-state index contributed by atoms with van der Waals surface area (Å²) in [4.78, 5) is 1.07. The molecule has 0 heterocycles. The molecule has 14 heavy (non-hydrogen) atoms. The highest BCUT2D eigenvalue weighted by atomic mass is 32.2. The Morgan fingerprint density at radius 2 is 2.21 bits per heavy atom. The molecule has 1 aromatic carbocycles. The zero-order valence-electron chi connectivity index (χ0n) is 8.45. The van der Waals surface area contributed by atoms with Crippen LogP contribution in [0.2, 0.25) is 0 Å². The Hall–Kier alpha value is -0.930. The van der Waals surface area contributed by atoms with Gasteiger partial charge in [-0.3, -0.25) is 0 Å². The van der Waals surface area contributed by atoms with Crippen molar-refractivity contribution in [2.24, 2.45) is 5.73 Å². The van der Waals surface area contributed by atoms with Gasteiger partial charge in [0.05, 0.1) is 0 Å². The first-order valence-corrected chi connectivity index (χ1v) is 5.66. The Labute approximate surface area is 88.8 Å². The van der Waals surface area contributed by atoms with Crippen LogP contribution >= 0.6 is 11.8 Å². The van der Waals surface area contributed by atoms with E-state index in [1.54, 1.807) is 11.8 Å². The van der Waals surface area contributed by atoms with E-state index < -0.39 is 0 Å². The molecule has 3 N–H and O–H groups in total. The molecule has 0 bridgehead atoms. The van der Waals surface area contributed by atoms with Crippen LogP contribution in [0.5, 0.6) is 5.75 Å². The molecule has 1 aromatic rings.